The molecule has 3 rings (SSSR count). The van der Waals surface area contributed by atoms with Crippen LogP contribution >= 0.6 is 0 Å². The maximum Gasteiger partial charge on any atom is 0.332 e. The molecule has 0 aliphatic heterocycles. The van der Waals surface area contributed by atoms with E-state index in [2.05, 4.69) is 4.98 Å². The van der Waals surface area contributed by atoms with Gasteiger partial charge in [-0.05, 0) is 19.1 Å². The van der Waals surface area contributed by atoms with Crippen LogP contribution in [-0.4, -0.2) is 49.7 Å². The van der Waals surface area contributed by atoms with E-state index in [1.54, 1.807) is 7.05 Å². The second-order valence-corrected chi connectivity index (χ2v) is 6.73. The lowest BCUT2D eigenvalue weighted by molar-refractivity contribution is -0.130. The van der Waals surface area contributed by atoms with Crippen molar-refractivity contribution in [2.45, 2.75) is 13.5 Å². The quantitative estimate of drug-likeness (QED) is 0.608. The molecule has 0 saturated heterocycles. The summed E-state index contributed by atoms with van der Waals surface area (Å²) in [6.07, 6.45) is 1.40. The van der Waals surface area contributed by atoms with Crippen molar-refractivity contribution in [1.29, 1.82) is 0 Å². The monoisotopic (exact) mass is 385 g/mol. The number of carbonyl (C=O) groups excluding carboxylic acids is 1. The number of aromatic nitrogens is 4. The Hall–Kier alpha value is -3.36. The minimum absolute atomic E-state index is 0.0506. The van der Waals surface area contributed by atoms with Gasteiger partial charge in [0.1, 0.15) is 18.9 Å². The van der Waals surface area contributed by atoms with Gasteiger partial charge in [0.15, 0.2) is 11.2 Å². The third-order valence-corrected chi connectivity index (χ3v) is 4.66. The fourth-order valence-corrected chi connectivity index (χ4v) is 2.84. The highest BCUT2D eigenvalue weighted by Gasteiger charge is 2.17. The fraction of sp³-hybridized carbons (Fsp3) is 0.368. The predicted molar refractivity (Wildman–Crippen MR) is 105 cm³/mol. The van der Waals surface area contributed by atoms with Gasteiger partial charge in [0.05, 0.1) is 12.9 Å². The first-order valence-electron chi connectivity index (χ1n) is 8.84. The Labute approximate surface area is 161 Å². The number of likely N-dealkylation sites (N-methyl/N-ethyl adjacent to an activating group) is 1. The zero-order valence-corrected chi connectivity index (χ0v) is 16.4. The Balaban J connectivity index is 1.68. The van der Waals surface area contributed by atoms with E-state index in [1.165, 1.54) is 34.5 Å². The summed E-state index contributed by atoms with van der Waals surface area (Å²) in [5, 5.41) is 0. The average molecular weight is 385 g/mol. The minimum atomic E-state index is -0.478. The van der Waals surface area contributed by atoms with E-state index in [0.717, 1.165) is 15.9 Å². The summed E-state index contributed by atoms with van der Waals surface area (Å²) in [6, 6.07) is 7.69. The van der Waals surface area contributed by atoms with Crippen LogP contribution in [0.1, 0.15) is 5.56 Å². The highest BCUT2D eigenvalue weighted by molar-refractivity contribution is 5.78. The van der Waals surface area contributed by atoms with Crippen LogP contribution in [-0.2, 0) is 25.4 Å². The zero-order valence-electron chi connectivity index (χ0n) is 16.4. The molecule has 0 fully saturated rings. The molecular formula is C19H23N5O4. The summed E-state index contributed by atoms with van der Waals surface area (Å²) in [5.41, 5.74) is 0.692. The average Bonchev–Trinajstić information content (AvgIpc) is 3.09. The molecule has 0 aliphatic rings. The van der Waals surface area contributed by atoms with Crippen molar-refractivity contribution in [1.82, 2.24) is 23.6 Å². The van der Waals surface area contributed by atoms with Crippen LogP contribution in [0.25, 0.3) is 11.2 Å². The van der Waals surface area contributed by atoms with Gasteiger partial charge in [-0.3, -0.25) is 18.7 Å². The number of hydrogen-bond acceptors (Lipinski definition) is 5. The first-order valence-corrected chi connectivity index (χ1v) is 8.84. The molecular weight excluding hydrogens is 362 g/mol. The second-order valence-electron chi connectivity index (χ2n) is 6.73. The zero-order chi connectivity index (χ0) is 20.4. The smallest absolute Gasteiger partial charge is 0.332 e. The molecule has 0 atom stereocenters. The van der Waals surface area contributed by atoms with E-state index in [4.69, 9.17) is 4.74 Å². The lowest BCUT2D eigenvalue weighted by Crippen LogP contribution is -2.38. The van der Waals surface area contributed by atoms with Crippen LogP contribution in [0.15, 0.2) is 40.2 Å². The number of aryl methyl sites for hydroxylation is 2. The molecule has 3 aromatic rings. The van der Waals surface area contributed by atoms with Gasteiger partial charge in [-0.25, -0.2) is 9.78 Å². The number of fused-ring (bicyclic) bond motifs is 1. The largest absolute Gasteiger partial charge is 0.492 e. The maximum absolute atomic E-state index is 12.5. The summed E-state index contributed by atoms with van der Waals surface area (Å²) in [6.45, 7) is 2.70. The lowest BCUT2D eigenvalue weighted by atomic mass is 10.2. The van der Waals surface area contributed by atoms with E-state index in [-0.39, 0.29) is 23.6 Å². The van der Waals surface area contributed by atoms with Gasteiger partial charge in [-0.1, -0.05) is 17.7 Å². The topological polar surface area (TPSA) is 91.4 Å². The van der Waals surface area contributed by atoms with Crippen molar-refractivity contribution >= 4 is 17.1 Å². The molecule has 0 radical (unpaired) electrons. The third kappa shape index (κ3) is 3.68. The summed E-state index contributed by atoms with van der Waals surface area (Å²) in [7, 11) is 4.61. The number of ether oxygens (including phenoxy) is 1. The van der Waals surface area contributed by atoms with Crippen molar-refractivity contribution in [3.05, 3.63) is 57.0 Å². The van der Waals surface area contributed by atoms with Gasteiger partial charge in [-0.15, -0.1) is 0 Å². The molecule has 0 spiro atoms. The Kier molecular flexibility index (Phi) is 5.34. The lowest BCUT2D eigenvalue weighted by Gasteiger charge is -2.18. The maximum atomic E-state index is 12.5. The van der Waals surface area contributed by atoms with Gasteiger partial charge in [-0.2, -0.15) is 0 Å². The molecule has 0 saturated carbocycles. The van der Waals surface area contributed by atoms with Gasteiger partial charge in [0.25, 0.3) is 5.56 Å². The summed E-state index contributed by atoms with van der Waals surface area (Å²) in [5.74, 6) is 0.555. The number of imidazole rings is 1. The third-order valence-electron chi connectivity index (χ3n) is 4.66. The molecule has 1 aromatic carbocycles. The van der Waals surface area contributed by atoms with E-state index in [9.17, 15) is 14.4 Å². The van der Waals surface area contributed by atoms with Crippen molar-refractivity contribution in [2.75, 3.05) is 20.2 Å². The van der Waals surface area contributed by atoms with E-state index >= 15 is 0 Å². The Morgan fingerprint density at radius 3 is 2.50 bits per heavy atom. The predicted octanol–water partition coefficient (Wildman–Crippen LogP) is 0.280. The molecule has 2 heterocycles. The minimum Gasteiger partial charge on any atom is -0.492 e. The van der Waals surface area contributed by atoms with Crippen molar-refractivity contribution in [2.24, 2.45) is 14.1 Å². The number of amides is 1. The Bertz CT molecular complexity index is 1120. The fourth-order valence-electron chi connectivity index (χ4n) is 2.84. The molecule has 9 heteroatoms. The number of carbonyl (C=O) groups is 1. The van der Waals surface area contributed by atoms with Crippen LogP contribution in [0.3, 0.4) is 0 Å². The van der Waals surface area contributed by atoms with Crippen molar-refractivity contribution < 1.29 is 9.53 Å². The van der Waals surface area contributed by atoms with Crippen LogP contribution in [0.5, 0.6) is 5.75 Å². The SMILES string of the molecule is Cc1ccc(OCCN(C)C(=O)Cn2cnc3c2c(=O)n(C)c(=O)n3C)cc1. The molecule has 0 N–H and O–H groups in total. The molecule has 0 bridgehead atoms. The first kappa shape index (κ1) is 19.4. The standard InChI is InChI=1S/C19H23N5O4/c1-13-5-7-14(8-6-13)28-10-9-21(2)15(25)11-24-12-20-17-16(24)18(26)23(4)19(27)22(17)3/h5-8,12H,9-11H2,1-4H3. The molecule has 2 aromatic heterocycles. The molecule has 0 unspecified atom stereocenters. The van der Waals surface area contributed by atoms with Crippen LogP contribution in [0, 0.1) is 6.92 Å². The Morgan fingerprint density at radius 1 is 1.14 bits per heavy atom. The summed E-state index contributed by atoms with van der Waals surface area (Å²) >= 11 is 0. The normalized spacial score (nSPS) is 11.0. The number of nitrogens with zero attached hydrogens (tertiary/aromatic N) is 5. The molecule has 1 amide bonds. The number of hydrogen-bond donors (Lipinski definition) is 0. The molecule has 28 heavy (non-hydrogen) atoms. The van der Waals surface area contributed by atoms with Crippen LogP contribution in [0.4, 0.5) is 0 Å². The van der Waals surface area contributed by atoms with Gasteiger partial charge in [0, 0.05) is 21.1 Å². The van der Waals surface area contributed by atoms with E-state index in [1.807, 2.05) is 31.2 Å². The van der Waals surface area contributed by atoms with E-state index in [0.29, 0.717) is 13.2 Å². The van der Waals surface area contributed by atoms with E-state index < -0.39 is 11.2 Å². The first-order chi connectivity index (χ1) is 13.3. The highest BCUT2D eigenvalue weighted by atomic mass is 16.5. The summed E-state index contributed by atoms with van der Waals surface area (Å²) < 4.78 is 9.41. The van der Waals surface area contributed by atoms with Gasteiger partial charge in [0.2, 0.25) is 5.91 Å². The number of rotatable bonds is 6. The second kappa shape index (κ2) is 7.71. The highest BCUT2D eigenvalue weighted by Crippen LogP contribution is 2.11. The van der Waals surface area contributed by atoms with Gasteiger partial charge >= 0.3 is 5.69 Å². The molecule has 148 valence electrons. The van der Waals surface area contributed by atoms with Crippen molar-refractivity contribution in [3.63, 3.8) is 0 Å². The Morgan fingerprint density at radius 2 is 1.82 bits per heavy atom. The molecule has 0 aliphatic carbocycles. The number of benzene rings is 1. The molecule has 9 nitrogen and oxygen atoms in total. The van der Waals surface area contributed by atoms with Gasteiger partial charge < -0.3 is 14.2 Å². The van der Waals surface area contributed by atoms with Crippen molar-refractivity contribution in [3.8, 4) is 5.75 Å². The van der Waals surface area contributed by atoms with Crippen LogP contribution in [0.2, 0.25) is 0 Å². The van der Waals surface area contributed by atoms with Crippen LogP contribution < -0.4 is 16.0 Å². The summed E-state index contributed by atoms with van der Waals surface area (Å²) in [4.78, 5) is 42.6.